The smallest absolute Gasteiger partial charge is 0.253 e. The fraction of sp³-hybridized carbons (Fsp3) is 0.389. The maximum atomic E-state index is 12.6. The number of carbonyl (C=O) groups is 1. The minimum atomic E-state index is -3.19. The van der Waals surface area contributed by atoms with Gasteiger partial charge in [-0.25, -0.2) is 13.1 Å². The predicted octanol–water partition coefficient (Wildman–Crippen LogP) is 2.02. The van der Waals surface area contributed by atoms with E-state index in [-0.39, 0.29) is 17.7 Å². The number of hydrogen-bond donors (Lipinski definition) is 1. The Hall–Kier alpha value is -2.12. The fourth-order valence-corrected chi connectivity index (χ4v) is 3.91. The van der Waals surface area contributed by atoms with Gasteiger partial charge in [-0.3, -0.25) is 4.79 Å². The van der Waals surface area contributed by atoms with Crippen molar-refractivity contribution in [3.8, 4) is 5.69 Å². The number of piperidine rings is 1. The largest absolute Gasteiger partial charge is 0.339 e. The SMILES string of the molecule is CCS(=O)(=O)NC1CCN(C(=O)c2ccc(-n3cccc3)cc2)CC1. The van der Waals surface area contributed by atoms with Crippen LogP contribution in [0.5, 0.6) is 0 Å². The number of benzene rings is 1. The van der Waals surface area contributed by atoms with Gasteiger partial charge in [-0.05, 0) is 56.2 Å². The van der Waals surface area contributed by atoms with E-state index in [4.69, 9.17) is 0 Å². The number of rotatable bonds is 5. The molecule has 1 amide bonds. The Morgan fingerprint density at radius 2 is 1.72 bits per heavy atom. The van der Waals surface area contributed by atoms with Gasteiger partial charge in [0, 0.05) is 42.8 Å². The Labute approximate surface area is 148 Å². The second-order valence-electron chi connectivity index (χ2n) is 6.22. The summed E-state index contributed by atoms with van der Waals surface area (Å²) in [6, 6.07) is 11.4. The van der Waals surface area contributed by atoms with Crippen molar-refractivity contribution in [1.82, 2.24) is 14.2 Å². The van der Waals surface area contributed by atoms with Crippen molar-refractivity contribution in [3.63, 3.8) is 0 Å². The van der Waals surface area contributed by atoms with Crippen LogP contribution in [0.4, 0.5) is 0 Å². The molecule has 1 aromatic heterocycles. The first kappa shape index (κ1) is 17.7. The van der Waals surface area contributed by atoms with Gasteiger partial charge in [0.1, 0.15) is 0 Å². The number of amides is 1. The lowest BCUT2D eigenvalue weighted by Crippen LogP contribution is -2.46. The van der Waals surface area contributed by atoms with Crippen LogP contribution in [0.15, 0.2) is 48.8 Å². The zero-order chi connectivity index (χ0) is 17.9. The van der Waals surface area contributed by atoms with Crippen molar-refractivity contribution in [3.05, 3.63) is 54.4 Å². The standard InChI is InChI=1S/C18H23N3O3S/c1-2-25(23,24)19-16-9-13-21(14-10-16)18(22)15-5-7-17(8-6-15)20-11-3-4-12-20/h3-8,11-12,16,19H,2,9-10,13-14H2,1H3. The highest BCUT2D eigenvalue weighted by atomic mass is 32.2. The van der Waals surface area contributed by atoms with E-state index in [2.05, 4.69) is 4.72 Å². The summed E-state index contributed by atoms with van der Waals surface area (Å²) in [5.74, 6) is 0.0794. The summed E-state index contributed by atoms with van der Waals surface area (Å²) < 4.78 is 28.0. The average molecular weight is 361 g/mol. The van der Waals surface area contributed by atoms with Crippen LogP contribution < -0.4 is 4.72 Å². The van der Waals surface area contributed by atoms with Crippen molar-refractivity contribution in [2.24, 2.45) is 0 Å². The maximum absolute atomic E-state index is 12.6. The summed E-state index contributed by atoms with van der Waals surface area (Å²) in [6.45, 7) is 2.75. The van der Waals surface area contributed by atoms with E-state index in [1.807, 2.05) is 53.4 Å². The molecule has 1 N–H and O–H groups in total. The number of likely N-dealkylation sites (tertiary alicyclic amines) is 1. The number of sulfonamides is 1. The van der Waals surface area contributed by atoms with Gasteiger partial charge < -0.3 is 9.47 Å². The molecule has 1 fully saturated rings. The molecule has 3 rings (SSSR count). The molecule has 0 aliphatic carbocycles. The molecule has 0 saturated carbocycles. The molecule has 0 radical (unpaired) electrons. The molecule has 1 aliphatic rings. The summed E-state index contributed by atoms with van der Waals surface area (Å²) >= 11 is 0. The Bertz CT molecular complexity index is 806. The molecule has 2 aromatic rings. The summed E-state index contributed by atoms with van der Waals surface area (Å²) in [6.07, 6.45) is 5.21. The van der Waals surface area contributed by atoms with E-state index in [9.17, 15) is 13.2 Å². The van der Waals surface area contributed by atoms with Crippen LogP contribution in [-0.2, 0) is 10.0 Å². The van der Waals surface area contributed by atoms with Gasteiger partial charge in [0.05, 0.1) is 5.75 Å². The molecule has 0 atom stereocenters. The summed E-state index contributed by atoms with van der Waals surface area (Å²) in [5.41, 5.74) is 1.66. The van der Waals surface area contributed by atoms with E-state index in [1.54, 1.807) is 11.8 Å². The highest BCUT2D eigenvalue weighted by Crippen LogP contribution is 2.16. The van der Waals surface area contributed by atoms with Crippen LogP contribution >= 0.6 is 0 Å². The molecule has 0 spiro atoms. The number of aromatic nitrogens is 1. The first-order valence-corrected chi connectivity index (χ1v) is 10.2. The lowest BCUT2D eigenvalue weighted by molar-refractivity contribution is 0.0711. The third kappa shape index (κ3) is 4.29. The number of hydrogen-bond acceptors (Lipinski definition) is 3. The molecule has 25 heavy (non-hydrogen) atoms. The molecule has 1 aliphatic heterocycles. The fourth-order valence-electron chi connectivity index (χ4n) is 3.00. The Balaban J connectivity index is 1.59. The van der Waals surface area contributed by atoms with Gasteiger partial charge in [-0.1, -0.05) is 0 Å². The topological polar surface area (TPSA) is 71.4 Å². The number of carbonyl (C=O) groups excluding carboxylic acids is 1. The zero-order valence-corrected chi connectivity index (χ0v) is 15.1. The molecule has 134 valence electrons. The van der Waals surface area contributed by atoms with Crippen LogP contribution in [-0.4, -0.2) is 48.7 Å². The molecular weight excluding hydrogens is 338 g/mol. The van der Waals surface area contributed by atoms with Crippen LogP contribution in [0.2, 0.25) is 0 Å². The lowest BCUT2D eigenvalue weighted by Gasteiger charge is -2.32. The molecular formula is C18H23N3O3S. The quantitative estimate of drug-likeness (QED) is 0.886. The van der Waals surface area contributed by atoms with Crippen LogP contribution in [0, 0.1) is 0 Å². The van der Waals surface area contributed by atoms with Gasteiger partial charge in [-0.15, -0.1) is 0 Å². The van der Waals surface area contributed by atoms with Crippen molar-refractivity contribution in [1.29, 1.82) is 0 Å². The third-order valence-corrected chi connectivity index (χ3v) is 5.98. The highest BCUT2D eigenvalue weighted by molar-refractivity contribution is 7.89. The van der Waals surface area contributed by atoms with Crippen molar-refractivity contribution >= 4 is 15.9 Å². The average Bonchev–Trinajstić information content (AvgIpc) is 3.16. The van der Waals surface area contributed by atoms with Crippen molar-refractivity contribution in [2.75, 3.05) is 18.8 Å². The van der Waals surface area contributed by atoms with Gasteiger partial charge in [0.15, 0.2) is 0 Å². The Morgan fingerprint density at radius 1 is 1.12 bits per heavy atom. The minimum Gasteiger partial charge on any atom is -0.339 e. The Morgan fingerprint density at radius 3 is 2.28 bits per heavy atom. The number of nitrogens with zero attached hydrogens (tertiary/aromatic N) is 2. The van der Waals surface area contributed by atoms with E-state index in [0.29, 0.717) is 31.5 Å². The molecule has 2 heterocycles. The predicted molar refractivity (Wildman–Crippen MR) is 97.3 cm³/mol. The first-order valence-electron chi connectivity index (χ1n) is 8.51. The molecule has 0 bridgehead atoms. The monoisotopic (exact) mass is 361 g/mol. The molecule has 7 heteroatoms. The number of nitrogens with one attached hydrogen (secondary N) is 1. The summed E-state index contributed by atoms with van der Waals surface area (Å²) in [5, 5.41) is 0. The molecule has 1 aromatic carbocycles. The van der Waals surface area contributed by atoms with E-state index in [1.165, 1.54) is 0 Å². The molecule has 6 nitrogen and oxygen atoms in total. The second kappa shape index (κ2) is 7.41. The highest BCUT2D eigenvalue weighted by Gasteiger charge is 2.25. The van der Waals surface area contributed by atoms with Gasteiger partial charge in [0.2, 0.25) is 10.0 Å². The van der Waals surface area contributed by atoms with E-state index < -0.39 is 10.0 Å². The maximum Gasteiger partial charge on any atom is 0.253 e. The zero-order valence-electron chi connectivity index (χ0n) is 14.3. The van der Waals surface area contributed by atoms with E-state index >= 15 is 0 Å². The lowest BCUT2D eigenvalue weighted by atomic mass is 10.0. The summed E-state index contributed by atoms with van der Waals surface area (Å²) in [7, 11) is -3.19. The van der Waals surface area contributed by atoms with Crippen LogP contribution in [0.25, 0.3) is 5.69 Å². The van der Waals surface area contributed by atoms with Gasteiger partial charge >= 0.3 is 0 Å². The van der Waals surface area contributed by atoms with Crippen molar-refractivity contribution < 1.29 is 13.2 Å². The van der Waals surface area contributed by atoms with Gasteiger partial charge in [-0.2, -0.15) is 0 Å². The molecule has 0 unspecified atom stereocenters. The summed E-state index contributed by atoms with van der Waals surface area (Å²) in [4.78, 5) is 14.4. The van der Waals surface area contributed by atoms with Crippen molar-refractivity contribution in [2.45, 2.75) is 25.8 Å². The van der Waals surface area contributed by atoms with Crippen LogP contribution in [0.1, 0.15) is 30.1 Å². The Kier molecular flexibility index (Phi) is 5.24. The molecule has 1 saturated heterocycles. The minimum absolute atomic E-state index is 0.00384. The normalized spacial score (nSPS) is 16.1. The third-order valence-electron chi connectivity index (χ3n) is 4.53. The second-order valence-corrected chi connectivity index (χ2v) is 8.27. The first-order chi connectivity index (χ1) is 12.0. The van der Waals surface area contributed by atoms with Gasteiger partial charge in [0.25, 0.3) is 5.91 Å². The van der Waals surface area contributed by atoms with Crippen LogP contribution in [0.3, 0.4) is 0 Å². The van der Waals surface area contributed by atoms with E-state index in [0.717, 1.165) is 5.69 Å².